The maximum Gasteiger partial charge on any atom is 0.320 e. The van der Waals surface area contributed by atoms with Gasteiger partial charge in [-0.05, 0) is 25.5 Å². The second-order valence-corrected chi connectivity index (χ2v) is 4.71. The van der Waals surface area contributed by atoms with Crippen LogP contribution < -0.4 is 4.90 Å². The summed E-state index contributed by atoms with van der Waals surface area (Å²) in [5, 5.41) is 0. The molecule has 1 aliphatic heterocycles. The van der Waals surface area contributed by atoms with E-state index in [9.17, 15) is 4.79 Å². The second kappa shape index (κ2) is 6.52. The molecule has 0 aliphatic carbocycles. The van der Waals surface area contributed by atoms with Crippen LogP contribution in [0.5, 0.6) is 0 Å². The lowest BCUT2D eigenvalue weighted by atomic mass is 10.2. The van der Waals surface area contributed by atoms with E-state index in [4.69, 9.17) is 4.74 Å². The van der Waals surface area contributed by atoms with Gasteiger partial charge in [0.15, 0.2) is 0 Å². The summed E-state index contributed by atoms with van der Waals surface area (Å²) in [5.74, 6) is 0.920. The molecule has 2 heterocycles. The summed E-state index contributed by atoms with van der Waals surface area (Å²) in [5.41, 5.74) is 1.20. The van der Waals surface area contributed by atoms with Gasteiger partial charge in [-0.1, -0.05) is 6.07 Å². The quantitative estimate of drug-likeness (QED) is 0.761. The summed E-state index contributed by atoms with van der Waals surface area (Å²) >= 11 is 0. The average Bonchev–Trinajstić information content (AvgIpc) is 2.41. The van der Waals surface area contributed by atoms with Crippen LogP contribution in [0.15, 0.2) is 18.3 Å². The molecule has 19 heavy (non-hydrogen) atoms. The van der Waals surface area contributed by atoms with Gasteiger partial charge in [0.1, 0.15) is 5.82 Å². The number of carbonyl (C=O) groups excluding carboxylic acids is 1. The van der Waals surface area contributed by atoms with Crippen molar-refractivity contribution in [1.29, 1.82) is 0 Å². The van der Waals surface area contributed by atoms with Crippen LogP contribution in [-0.4, -0.2) is 55.2 Å². The van der Waals surface area contributed by atoms with E-state index < -0.39 is 0 Å². The Hall–Kier alpha value is -1.62. The molecule has 1 aliphatic rings. The lowest BCUT2D eigenvalue weighted by Gasteiger charge is -2.35. The Morgan fingerprint density at radius 1 is 1.37 bits per heavy atom. The highest BCUT2D eigenvalue weighted by atomic mass is 16.5. The van der Waals surface area contributed by atoms with Crippen molar-refractivity contribution < 1.29 is 9.53 Å². The summed E-state index contributed by atoms with van der Waals surface area (Å²) in [6.07, 6.45) is 1.83. The molecule has 0 saturated carbocycles. The van der Waals surface area contributed by atoms with Crippen LogP contribution in [0.1, 0.15) is 12.5 Å². The number of pyridine rings is 1. The fourth-order valence-corrected chi connectivity index (χ4v) is 2.32. The first-order valence-corrected chi connectivity index (χ1v) is 6.75. The minimum Gasteiger partial charge on any atom is -0.465 e. The number of aryl methyl sites for hydroxylation is 1. The smallest absolute Gasteiger partial charge is 0.320 e. The maximum absolute atomic E-state index is 11.4. The highest BCUT2D eigenvalue weighted by Crippen LogP contribution is 2.17. The number of esters is 1. The molecule has 0 atom stereocenters. The van der Waals surface area contributed by atoms with Crippen LogP contribution in [0, 0.1) is 6.92 Å². The highest BCUT2D eigenvalue weighted by Gasteiger charge is 2.20. The number of aromatic nitrogens is 1. The zero-order valence-electron chi connectivity index (χ0n) is 11.6. The summed E-state index contributed by atoms with van der Waals surface area (Å²) < 4.78 is 4.97. The number of hydrogen-bond acceptors (Lipinski definition) is 5. The van der Waals surface area contributed by atoms with Crippen LogP contribution in [0.3, 0.4) is 0 Å². The molecule has 1 fully saturated rings. The normalized spacial score (nSPS) is 16.4. The first kappa shape index (κ1) is 13.8. The van der Waals surface area contributed by atoms with Crippen molar-refractivity contribution >= 4 is 11.8 Å². The third-order valence-corrected chi connectivity index (χ3v) is 3.31. The molecular weight excluding hydrogens is 242 g/mol. The molecule has 104 valence electrons. The van der Waals surface area contributed by atoms with Crippen LogP contribution in [0.25, 0.3) is 0 Å². The molecule has 5 nitrogen and oxygen atoms in total. The SMILES string of the molecule is CCOC(=O)CN1CCN(c2ncccc2C)CC1. The van der Waals surface area contributed by atoms with Crippen molar-refractivity contribution in [3.8, 4) is 0 Å². The van der Waals surface area contributed by atoms with Gasteiger partial charge in [-0.15, -0.1) is 0 Å². The van der Waals surface area contributed by atoms with E-state index >= 15 is 0 Å². The maximum atomic E-state index is 11.4. The number of piperazine rings is 1. The van der Waals surface area contributed by atoms with Crippen molar-refractivity contribution in [2.45, 2.75) is 13.8 Å². The number of hydrogen-bond donors (Lipinski definition) is 0. The second-order valence-electron chi connectivity index (χ2n) is 4.71. The Balaban J connectivity index is 1.86. The molecule has 2 rings (SSSR count). The van der Waals surface area contributed by atoms with Gasteiger partial charge in [0, 0.05) is 32.4 Å². The van der Waals surface area contributed by atoms with Crippen LogP contribution in [0.4, 0.5) is 5.82 Å². The summed E-state index contributed by atoms with van der Waals surface area (Å²) in [6.45, 7) is 8.29. The Labute approximate surface area is 114 Å². The minimum absolute atomic E-state index is 0.134. The predicted octanol–water partition coefficient (Wildman–Crippen LogP) is 1.08. The summed E-state index contributed by atoms with van der Waals surface area (Å²) in [6, 6.07) is 4.03. The Morgan fingerprint density at radius 3 is 2.74 bits per heavy atom. The minimum atomic E-state index is -0.134. The topological polar surface area (TPSA) is 45.7 Å². The van der Waals surface area contributed by atoms with Crippen molar-refractivity contribution in [1.82, 2.24) is 9.88 Å². The molecule has 0 bridgehead atoms. The Bertz CT molecular complexity index is 428. The van der Waals surface area contributed by atoms with E-state index in [0.717, 1.165) is 32.0 Å². The first-order chi connectivity index (χ1) is 9.20. The van der Waals surface area contributed by atoms with Gasteiger partial charge < -0.3 is 9.64 Å². The van der Waals surface area contributed by atoms with Gasteiger partial charge in [-0.3, -0.25) is 9.69 Å². The van der Waals surface area contributed by atoms with Gasteiger partial charge in [0.25, 0.3) is 0 Å². The van der Waals surface area contributed by atoms with Gasteiger partial charge >= 0.3 is 5.97 Å². The lowest BCUT2D eigenvalue weighted by molar-refractivity contribution is -0.144. The Kier molecular flexibility index (Phi) is 4.74. The lowest BCUT2D eigenvalue weighted by Crippen LogP contribution is -2.48. The molecule has 0 amide bonds. The molecule has 0 radical (unpaired) electrons. The molecule has 0 N–H and O–H groups in total. The van der Waals surface area contributed by atoms with Gasteiger partial charge in [0.05, 0.1) is 13.2 Å². The van der Waals surface area contributed by atoms with E-state index in [0.29, 0.717) is 13.2 Å². The van der Waals surface area contributed by atoms with Gasteiger partial charge in [0.2, 0.25) is 0 Å². The van der Waals surface area contributed by atoms with E-state index in [2.05, 4.69) is 27.8 Å². The average molecular weight is 263 g/mol. The number of nitrogens with zero attached hydrogens (tertiary/aromatic N) is 3. The van der Waals surface area contributed by atoms with Gasteiger partial charge in [-0.2, -0.15) is 0 Å². The van der Waals surface area contributed by atoms with E-state index in [1.54, 1.807) is 0 Å². The molecule has 0 aromatic carbocycles. The van der Waals surface area contributed by atoms with E-state index in [-0.39, 0.29) is 5.97 Å². The van der Waals surface area contributed by atoms with Gasteiger partial charge in [-0.25, -0.2) is 4.98 Å². The van der Waals surface area contributed by atoms with Crippen LogP contribution >= 0.6 is 0 Å². The number of ether oxygens (including phenoxy) is 1. The third-order valence-electron chi connectivity index (χ3n) is 3.31. The summed E-state index contributed by atoms with van der Waals surface area (Å²) in [7, 11) is 0. The first-order valence-electron chi connectivity index (χ1n) is 6.75. The van der Waals surface area contributed by atoms with Crippen LogP contribution in [0.2, 0.25) is 0 Å². The van der Waals surface area contributed by atoms with E-state index in [1.807, 2.05) is 19.2 Å². The highest BCUT2D eigenvalue weighted by molar-refractivity contribution is 5.71. The molecule has 1 aromatic rings. The number of anilines is 1. The molecule has 0 unspecified atom stereocenters. The molecule has 0 spiro atoms. The monoisotopic (exact) mass is 263 g/mol. The zero-order chi connectivity index (χ0) is 13.7. The molecule has 1 aromatic heterocycles. The van der Waals surface area contributed by atoms with E-state index in [1.165, 1.54) is 5.56 Å². The largest absolute Gasteiger partial charge is 0.465 e. The van der Waals surface area contributed by atoms with Crippen molar-refractivity contribution in [3.05, 3.63) is 23.9 Å². The zero-order valence-corrected chi connectivity index (χ0v) is 11.6. The van der Waals surface area contributed by atoms with Crippen molar-refractivity contribution in [2.75, 3.05) is 44.2 Å². The summed E-state index contributed by atoms with van der Waals surface area (Å²) in [4.78, 5) is 20.3. The van der Waals surface area contributed by atoms with Crippen LogP contribution in [-0.2, 0) is 9.53 Å². The Morgan fingerprint density at radius 2 is 2.11 bits per heavy atom. The van der Waals surface area contributed by atoms with Crippen molar-refractivity contribution in [2.24, 2.45) is 0 Å². The molecule has 1 saturated heterocycles. The predicted molar refractivity (Wildman–Crippen MR) is 74.3 cm³/mol. The fraction of sp³-hybridized carbons (Fsp3) is 0.571. The standard InChI is InChI=1S/C14H21N3O2/c1-3-19-13(18)11-16-7-9-17(10-8-16)14-12(2)5-4-6-15-14/h4-6H,3,7-11H2,1-2H3. The van der Waals surface area contributed by atoms with Crippen molar-refractivity contribution in [3.63, 3.8) is 0 Å². The molecule has 5 heteroatoms. The third kappa shape index (κ3) is 3.67. The number of carbonyl (C=O) groups is 1. The number of rotatable bonds is 4. The molecular formula is C14H21N3O2. The fourth-order valence-electron chi connectivity index (χ4n) is 2.32.